The van der Waals surface area contributed by atoms with Crippen molar-refractivity contribution in [3.8, 4) is 11.1 Å². The number of anilines is 1. The Morgan fingerprint density at radius 1 is 0.808 bits per heavy atom. The third-order valence-electron chi connectivity index (χ3n) is 5.50. The summed E-state index contributed by atoms with van der Waals surface area (Å²) in [4.78, 5) is 2.24. The van der Waals surface area contributed by atoms with Gasteiger partial charge in [-0.1, -0.05) is 90.4 Å². The highest BCUT2D eigenvalue weighted by atomic mass is 31.1. The number of hydrogen-bond acceptors (Lipinski definition) is 1. The number of rotatable bonds is 4. The maximum atomic E-state index is 2.46. The van der Waals surface area contributed by atoms with E-state index < -0.39 is 0 Å². The number of para-hydroxylation sites is 1. The predicted octanol–water partition coefficient (Wildman–Crippen LogP) is 6.66. The molecule has 1 aliphatic rings. The van der Waals surface area contributed by atoms with Gasteiger partial charge in [0.15, 0.2) is 0 Å². The van der Waals surface area contributed by atoms with Crippen LogP contribution in [0.4, 0.5) is 5.69 Å². The quantitative estimate of drug-likeness (QED) is 0.546. The summed E-state index contributed by atoms with van der Waals surface area (Å²) >= 11 is 0. The summed E-state index contributed by atoms with van der Waals surface area (Å²) in [5.41, 5.74) is 5.00. The Morgan fingerprint density at radius 2 is 1.38 bits per heavy atom. The van der Waals surface area contributed by atoms with Crippen LogP contribution in [0.1, 0.15) is 52.9 Å². The topological polar surface area (TPSA) is 3.24 Å². The minimum atomic E-state index is -0.210. The lowest BCUT2D eigenvalue weighted by Gasteiger charge is -2.41. The molecule has 2 heteroatoms. The summed E-state index contributed by atoms with van der Waals surface area (Å²) in [6.07, 6.45) is 7.07. The molecule has 2 aromatic rings. The second kappa shape index (κ2) is 8.13. The lowest BCUT2D eigenvalue weighted by molar-refractivity contribution is 0.507. The van der Waals surface area contributed by atoms with Crippen LogP contribution < -0.4 is 10.2 Å². The SMILES string of the molecule is CN(C)c1ccccc1-c1ccccc1P(C1CCCCC1)C(C)(C)C. The smallest absolute Gasteiger partial charge is 0.0440 e. The number of nitrogens with zero attached hydrogens (tertiary/aromatic N) is 1. The van der Waals surface area contributed by atoms with Gasteiger partial charge in [0.25, 0.3) is 0 Å². The molecule has 1 fully saturated rings. The van der Waals surface area contributed by atoms with E-state index in [4.69, 9.17) is 0 Å². The first-order valence-electron chi connectivity index (χ1n) is 10.0. The van der Waals surface area contributed by atoms with Crippen molar-refractivity contribution in [2.45, 2.75) is 63.7 Å². The summed E-state index contributed by atoms with van der Waals surface area (Å²) in [6.45, 7) is 7.38. The Morgan fingerprint density at radius 3 is 2.00 bits per heavy atom. The van der Waals surface area contributed by atoms with Crippen LogP contribution in [-0.2, 0) is 0 Å². The molecule has 0 spiro atoms. The van der Waals surface area contributed by atoms with Crippen molar-refractivity contribution >= 4 is 18.9 Å². The third kappa shape index (κ3) is 4.15. The largest absolute Gasteiger partial charge is 0.377 e. The second-order valence-corrected chi connectivity index (χ2v) is 12.1. The molecule has 1 atom stereocenters. The average Bonchev–Trinajstić information content (AvgIpc) is 2.62. The average molecular weight is 368 g/mol. The van der Waals surface area contributed by atoms with Gasteiger partial charge >= 0.3 is 0 Å². The zero-order valence-corrected chi connectivity index (χ0v) is 18.0. The molecule has 0 aromatic heterocycles. The van der Waals surface area contributed by atoms with Crippen LogP contribution in [0.25, 0.3) is 11.1 Å². The van der Waals surface area contributed by atoms with E-state index in [2.05, 4.69) is 88.3 Å². The minimum absolute atomic E-state index is 0.210. The van der Waals surface area contributed by atoms with Crippen molar-refractivity contribution in [3.05, 3.63) is 48.5 Å². The summed E-state index contributed by atoms with van der Waals surface area (Å²) in [6, 6.07) is 18.1. The second-order valence-electron chi connectivity index (χ2n) is 8.76. The van der Waals surface area contributed by atoms with E-state index in [1.165, 1.54) is 48.9 Å². The molecule has 0 bridgehead atoms. The molecule has 26 heavy (non-hydrogen) atoms. The molecule has 1 aliphatic carbocycles. The first-order chi connectivity index (χ1) is 12.4. The molecule has 0 N–H and O–H groups in total. The summed E-state index contributed by atoms with van der Waals surface area (Å²) in [5, 5.41) is 1.94. The molecular weight excluding hydrogens is 333 g/mol. The fourth-order valence-electron chi connectivity index (χ4n) is 4.45. The predicted molar refractivity (Wildman–Crippen MR) is 119 cm³/mol. The maximum absolute atomic E-state index is 2.46. The van der Waals surface area contributed by atoms with Crippen molar-refractivity contribution in [2.75, 3.05) is 19.0 Å². The molecule has 140 valence electrons. The van der Waals surface area contributed by atoms with E-state index in [0.717, 1.165) is 5.66 Å². The Bertz CT molecular complexity index is 723. The molecule has 0 radical (unpaired) electrons. The minimum Gasteiger partial charge on any atom is -0.377 e. The highest BCUT2D eigenvalue weighted by Gasteiger charge is 2.35. The standard InChI is InChI=1S/C24H34NP/c1-24(2,3)26(19-13-7-6-8-14-19)23-18-12-10-16-21(23)20-15-9-11-17-22(20)25(4)5/h9-12,15-19H,6-8,13-14H2,1-5H3. The highest BCUT2D eigenvalue weighted by molar-refractivity contribution is 7.68. The number of benzene rings is 2. The van der Waals surface area contributed by atoms with Crippen molar-refractivity contribution in [1.82, 2.24) is 0 Å². The van der Waals surface area contributed by atoms with E-state index >= 15 is 0 Å². The first kappa shape index (κ1) is 19.4. The molecule has 3 rings (SSSR count). The fraction of sp³-hybridized carbons (Fsp3) is 0.500. The monoisotopic (exact) mass is 367 g/mol. The van der Waals surface area contributed by atoms with Crippen LogP contribution in [0.3, 0.4) is 0 Å². The van der Waals surface area contributed by atoms with Gasteiger partial charge in [0.1, 0.15) is 0 Å². The van der Waals surface area contributed by atoms with E-state index in [1.807, 2.05) is 0 Å². The fourth-order valence-corrected chi connectivity index (χ4v) is 8.24. The van der Waals surface area contributed by atoms with Gasteiger partial charge in [0.2, 0.25) is 0 Å². The Balaban J connectivity index is 2.13. The zero-order valence-electron chi connectivity index (χ0n) is 17.1. The lowest BCUT2D eigenvalue weighted by Crippen LogP contribution is -2.29. The third-order valence-corrected chi connectivity index (χ3v) is 9.10. The van der Waals surface area contributed by atoms with Gasteiger partial charge in [-0.15, -0.1) is 0 Å². The summed E-state index contributed by atoms with van der Waals surface area (Å²) in [7, 11) is 4.09. The van der Waals surface area contributed by atoms with Gasteiger partial charge in [0.05, 0.1) is 0 Å². The zero-order chi connectivity index (χ0) is 18.7. The van der Waals surface area contributed by atoms with E-state index in [0.29, 0.717) is 5.16 Å². The van der Waals surface area contributed by atoms with Crippen LogP contribution in [-0.4, -0.2) is 24.9 Å². The lowest BCUT2D eigenvalue weighted by atomic mass is 10.0. The molecule has 0 heterocycles. The van der Waals surface area contributed by atoms with Crippen molar-refractivity contribution in [3.63, 3.8) is 0 Å². The van der Waals surface area contributed by atoms with E-state index in [-0.39, 0.29) is 7.92 Å². The van der Waals surface area contributed by atoms with Crippen molar-refractivity contribution < 1.29 is 0 Å². The molecule has 0 aliphatic heterocycles. The van der Waals surface area contributed by atoms with Crippen molar-refractivity contribution in [2.24, 2.45) is 0 Å². The van der Waals surface area contributed by atoms with Crippen LogP contribution in [0.15, 0.2) is 48.5 Å². The van der Waals surface area contributed by atoms with Crippen molar-refractivity contribution in [1.29, 1.82) is 0 Å². The van der Waals surface area contributed by atoms with Crippen LogP contribution in [0, 0.1) is 0 Å². The highest BCUT2D eigenvalue weighted by Crippen LogP contribution is 2.57. The maximum Gasteiger partial charge on any atom is 0.0440 e. The summed E-state index contributed by atoms with van der Waals surface area (Å²) in [5.74, 6) is 0. The Labute approximate surface area is 161 Å². The van der Waals surface area contributed by atoms with Gasteiger partial charge < -0.3 is 4.90 Å². The van der Waals surface area contributed by atoms with Gasteiger partial charge in [-0.05, 0) is 40.6 Å². The van der Waals surface area contributed by atoms with Crippen LogP contribution in [0.2, 0.25) is 0 Å². The normalized spacial score (nSPS) is 17.1. The van der Waals surface area contributed by atoms with Gasteiger partial charge in [-0.3, -0.25) is 0 Å². The molecule has 1 nitrogen and oxygen atoms in total. The molecular formula is C24H34NP. The first-order valence-corrected chi connectivity index (χ1v) is 11.5. The number of hydrogen-bond donors (Lipinski definition) is 0. The Kier molecular flexibility index (Phi) is 6.08. The van der Waals surface area contributed by atoms with Gasteiger partial charge in [0, 0.05) is 25.3 Å². The van der Waals surface area contributed by atoms with Gasteiger partial charge in [-0.2, -0.15) is 0 Å². The molecule has 2 aromatic carbocycles. The molecule has 0 amide bonds. The van der Waals surface area contributed by atoms with Gasteiger partial charge in [-0.25, -0.2) is 0 Å². The summed E-state index contributed by atoms with van der Waals surface area (Å²) < 4.78 is 0. The molecule has 1 unspecified atom stereocenters. The van der Waals surface area contributed by atoms with E-state index in [9.17, 15) is 0 Å². The Hall–Kier alpha value is -1.33. The van der Waals surface area contributed by atoms with Crippen LogP contribution >= 0.6 is 7.92 Å². The van der Waals surface area contributed by atoms with E-state index in [1.54, 1.807) is 5.30 Å². The molecule has 0 saturated heterocycles. The van der Waals surface area contributed by atoms with Crippen LogP contribution in [0.5, 0.6) is 0 Å². The molecule has 1 saturated carbocycles.